The van der Waals surface area contributed by atoms with E-state index in [1.807, 2.05) is 0 Å². The van der Waals surface area contributed by atoms with Gasteiger partial charge in [-0.3, -0.25) is 0 Å². The lowest BCUT2D eigenvalue weighted by Gasteiger charge is -1.88. The summed E-state index contributed by atoms with van der Waals surface area (Å²) in [5, 5.41) is 0. The van der Waals surface area contributed by atoms with Crippen LogP contribution in [0.25, 0.3) is 0 Å². The summed E-state index contributed by atoms with van der Waals surface area (Å²) in [5.41, 5.74) is 0. The van der Waals surface area contributed by atoms with Crippen LogP contribution in [0.2, 0.25) is 0 Å². The highest BCUT2D eigenvalue weighted by atomic mass is 79.9. The number of rotatable bonds is 0. The molecule has 2 aliphatic rings. The summed E-state index contributed by atoms with van der Waals surface area (Å²) in [6.07, 6.45) is 0. The first-order valence-electron chi connectivity index (χ1n) is 3.29. The lowest BCUT2D eigenvalue weighted by atomic mass is 10.7. The molecule has 2 heterocycles. The molecule has 0 saturated carbocycles. The minimum absolute atomic E-state index is 0.482. The Hall–Kier alpha value is 0.340. The highest BCUT2D eigenvalue weighted by Crippen LogP contribution is 2.26. The highest BCUT2D eigenvalue weighted by Gasteiger charge is 2.20. The molecular weight excluding hydrogens is 448 g/mol. The van der Waals surface area contributed by atoms with E-state index in [0.717, 1.165) is 0 Å². The van der Waals surface area contributed by atoms with Crippen LogP contribution in [0.1, 0.15) is 0 Å². The first-order chi connectivity index (χ1) is 6.58. The lowest BCUT2D eigenvalue weighted by molar-refractivity contribution is 1.13. The maximum absolute atomic E-state index is 4.13. The third-order valence-electron chi connectivity index (χ3n) is 1.36. The van der Waals surface area contributed by atoms with Crippen molar-refractivity contribution in [2.45, 2.75) is 0 Å². The molecule has 0 bridgehead atoms. The molecule has 0 amide bonds. The van der Waals surface area contributed by atoms with Crippen molar-refractivity contribution in [3.05, 3.63) is 11.6 Å². The van der Waals surface area contributed by atoms with Gasteiger partial charge in [0.2, 0.25) is 0 Å². The summed E-state index contributed by atoms with van der Waals surface area (Å²) in [4.78, 5) is 16.5. The Morgan fingerprint density at radius 2 is 0.714 bits per heavy atom. The van der Waals surface area contributed by atoms with E-state index in [1.165, 1.54) is 0 Å². The van der Waals surface area contributed by atoms with Crippen molar-refractivity contribution in [3.63, 3.8) is 0 Å². The van der Waals surface area contributed by atoms with Crippen LogP contribution in [0.5, 0.6) is 0 Å². The highest BCUT2D eigenvalue weighted by molar-refractivity contribution is 9.25. The van der Waals surface area contributed by atoms with E-state index in [9.17, 15) is 0 Å². The van der Waals surface area contributed by atoms with E-state index < -0.39 is 0 Å². The molecule has 0 spiro atoms. The van der Waals surface area contributed by atoms with Crippen molar-refractivity contribution < 1.29 is 0 Å². The van der Waals surface area contributed by atoms with Gasteiger partial charge in [-0.05, 0) is 63.7 Å². The van der Waals surface area contributed by atoms with Gasteiger partial charge >= 0.3 is 0 Å². The van der Waals surface area contributed by atoms with Gasteiger partial charge < -0.3 is 0 Å². The first-order valence-corrected chi connectivity index (χ1v) is 6.47. The second-order valence-corrected chi connectivity index (χ2v) is 5.26. The van der Waals surface area contributed by atoms with Crippen molar-refractivity contribution in [3.8, 4) is 0 Å². The van der Waals surface area contributed by atoms with Crippen molar-refractivity contribution in [2.75, 3.05) is 0 Å². The molecule has 0 aromatic heterocycles. The Morgan fingerprint density at radius 1 is 0.500 bits per heavy atom. The van der Waals surface area contributed by atoms with Crippen LogP contribution < -0.4 is 0 Å². The van der Waals surface area contributed by atoms with E-state index in [4.69, 9.17) is 0 Å². The molecule has 72 valence electrons. The number of hydrogen-bond donors (Lipinski definition) is 0. The fourth-order valence-electron chi connectivity index (χ4n) is 0.806. The molecule has 0 atom stereocenters. The molecule has 2 aliphatic heterocycles. The quantitative estimate of drug-likeness (QED) is 0.547. The SMILES string of the molecule is BrC1=NC(=C2N=C(Br)C(Br)=N2)N=C1Br. The number of halogens is 4. The minimum atomic E-state index is 0.482. The fourth-order valence-corrected chi connectivity index (χ4v) is 1.83. The molecule has 0 fully saturated rings. The Balaban J connectivity index is 2.49. The third-order valence-corrected chi connectivity index (χ3v) is 4.63. The van der Waals surface area contributed by atoms with Gasteiger partial charge in [-0.15, -0.1) is 0 Å². The summed E-state index contributed by atoms with van der Waals surface area (Å²) in [5.74, 6) is 0.963. The van der Waals surface area contributed by atoms with Gasteiger partial charge in [-0.2, -0.15) is 0 Å². The van der Waals surface area contributed by atoms with E-state index in [-0.39, 0.29) is 0 Å². The smallest absolute Gasteiger partial charge is 0.200 e. The van der Waals surface area contributed by atoms with Gasteiger partial charge in [0.25, 0.3) is 0 Å². The molecule has 0 aliphatic carbocycles. The number of aliphatic imine (C=N–C) groups is 4. The zero-order valence-corrected chi connectivity index (χ0v) is 12.6. The van der Waals surface area contributed by atoms with E-state index in [2.05, 4.69) is 83.7 Å². The topological polar surface area (TPSA) is 49.4 Å². The average molecular weight is 448 g/mol. The zero-order chi connectivity index (χ0) is 10.3. The Bertz CT molecular complexity index is 374. The van der Waals surface area contributed by atoms with Crippen LogP contribution in [-0.4, -0.2) is 18.5 Å². The minimum Gasteiger partial charge on any atom is -0.215 e. The fraction of sp³-hybridized carbons (Fsp3) is 0. The Labute approximate surface area is 113 Å². The maximum Gasteiger partial charge on any atom is 0.200 e. The standard InChI is InChI=1S/C6Br4N4/c7-1-2(8)12-5(11-1)6-13-3(9)4(10)14-6. The number of hydrogen-bond acceptors (Lipinski definition) is 4. The molecule has 2 rings (SSSR count). The average Bonchev–Trinajstić information content (AvgIpc) is 2.60. The molecule has 14 heavy (non-hydrogen) atoms. The summed E-state index contributed by atoms with van der Waals surface area (Å²) >= 11 is 13.0. The van der Waals surface area contributed by atoms with Gasteiger partial charge in [0, 0.05) is 0 Å². The van der Waals surface area contributed by atoms with E-state index in [1.54, 1.807) is 0 Å². The normalized spacial score (nSPS) is 20.9. The van der Waals surface area contributed by atoms with Gasteiger partial charge in [0.15, 0.2) is 11.6 Å². The maximum atomic E-state index is 4.13. The first kappa shape index (κ1) is 10.8. The molecule has 0 unspecified atom stereocenters. The number of nitrogens with zero attached hydrogens (tertiary/aromatic N) is 4. The monoisotopic (exact) mass is 444 g/mol. The largest absolute Gasteiger partial charge is 0.215 e. The second kappa shape index (κ2) is 4.07. The Morgan fingerprint density at radius 3 is 0.929 bits per heavy atom. The van der Waals surface area contributed by atoms with Gasteiger partial charge in [-0.25, -0.2) is 20.0 Å². The van der Waals surface area contributed by atoms with Crippen LogP contribution in [0, 0.1) is 0 Å². The molecule has 0 aromatic carbocycles. The predicted octanol–water partition coefficient (Wildman–Crippen LogP) is 3.31. The van der Waals surface area contributed by atoms with Gasteiger partial charge in [0.1, 0.15) is 18.5 Å². The molecule has 4 nitrogen and oxygen atoms in total. The van der Waals surface area contributed by atoms with Crippen molar-refractivity contribution >= 4 is 82.2 Å². The van der Waals surface area contributed by atoms with E-state index >= 15 is 0 Å². The van der Waals surface area contributed by atoms with Crippen molar-refractivity contribution in [1.82, 2.24) is 0 Å². The second-order valence-electron chi connectivity index (χ2n) is 2.26. The van der Waals surface area contributed by atoms with Gasteiger partial charge in [0.05, 0.1) is 0 Å². The summed E-state index contributed by atoms with van der Waals surface area (Å²) in [7, 11) is 0. The van der Waals surface area contributed by atoms with Crippen LogP contribution in [0.15, 0.2) is 31.6 Å². The lowest BCUT2D eigenvalue weighted by Crippen LogP contribution is -1.89. The molecule has 8 heteroatoms. The van der Waals surface area contributed by atoms with Gasteiger partial charge in [-0.1, -0.05) is 0 Å². The molecular formula is C6Br4N4. The van der Waals surface area contributed by atoms with Crippen LogP contribution in [-0.2, 0) is 0 Å². The van der Waals surface area contributed by atoms with Crippen LogP contribution in [0.4, 0.5) is 0 Å². The molecule has 0 saturated heterocycles. The Kier molecular flexibility index (Phi) is 3.15. The summed E-state index contributed by atoms with van der Waals surface area (Å²) in [6, 6.07) is 0. The summed E-state index contributed by atoms with van der Waals surface area (Å²) < 4.78 is 2.57. The van der Waals surface area contributed by atoms with Crippen LogP contribution in [0.3, 0.4) is 0 Å². The molecule has 0 N–H and O–H groups in total. The predicted molar refractivity (Wildman–Crippen MR) is 72.5 cm³/mol. The molecule has 0 aromatic rings. The van der Waals surface area contributed by atoms with Crippen molar-refractivity contribution in [2.24, 2.45) is 20.0 Å². The van der Waals surface area contributed by atoms with Crippen LogP contribution >= 0.6 is 63.7 Å². The summed E-state index contributed by atoms with van der Waals surface area (Å²) in [6.45, 7) is 0. The molecule has 0 radical (unpaired) electrons. The third kappa shape index (κ3) is 1.98. The zero-order valence-electron chi connectivity index (χ0n) is 6.30. The van der Waals surface area contributed by atoms with Crippen molar-refractivity contribution in [1.29, 1.82) is 0 Å². The van der Waals surface area contributed by atoms with E-state index in [0.29, 0.717) is 30.1 Å².